The number of amides is 1. The molecule has 0 aromatic heterocycles. The number of nitrogens with two attached hydrogens (primary N) is 1. The summed E-state index contributed by atoms with van der Waals surface area (Å²) in [5.41, 5.74) is 5.81. The molecule has 1 heterocycles. The molecule has 3 nitrogen and oxygen atoms in total. The predicted octanol–water partition coefficient (Wildman–Crippen LogP) is 2.54. The smallest absolute Gasteiger partial charge is 0.226 e. The standard InChI is InChI=1S/C14H19FN2OS.ClH/c1-10(14(18)17-7-6-12(16)8-17)9-19-13-4-2-11(15)3-5-13;/h2-5,10,12H,6-9,16H2,1H3;1H/t10?,12-;/m1./s1. The molecule has 1 aliphatic heterocycles. The van der Waals surface area contributed by atoms with Crippen molar-refractivity contribution in [3.63, 3.8) is 0 Å². The number of hydrogen-bond acceptors (Lipinski definition) is 3. The topological polar surface area (TPSA) is 46.3 Å². The summed E-state index contributed by atoms with van der Waals surface area (Å²) in [6.45, 7) is 3.37. The average molecular weight is 319 g/mol. The molecule has 6 heteroatoms. The van der Waals surface area contributed by atoms with Gasteiger partial charge in [-0.15, -0.1) is 24.2 Å². The van der Waals surface area contributed by atoms with Crippen molar-refractivity contribution < 1.29 is 9.18 Å². The Morgan fingerprint density at radius 2 is 2.15 bits per heavy atom. The van der Waals surface area contributed by atoms with Crippen LogP contribution >= 0.6 is 24.2 Å². The Labute approximate surface area is 129 Å². The molecular formula is C14H20ClFN2OS. The number of hydrogen-bond donors (Lipinski definition) is 1. The molecule has 20 heavy (non-hydrogen) atoms. The van der Waals surface area contributed by atoms with E-state index in [4.69, 9.17) is 5.73 Å². The molecule has 0 radical (unpaired) electrons. The fourth-order valence-corrected chi connectivity index (χ4v) is 3.04. The Morgan fingerprint density at radius 1 is 1.50 bits per heavy atom. The summed E-state index contributed by atoms with van der Waals surface area (Å²) in [5.74, 6) is 0.596. The van der Waals surface area contributed by atoms with E-state index in [9.17, 15) is 9.18 Å². The predicted molar refractivity (Wildman–Crippen MR) is 82.7 cm³/mol. The summed E-state index contributed by atoms with van der Waals surface area (Å²) in [4.78, 5) is 15.0. The minimum Gasteiger partial charge on any atom is -0.341 e. The monoisotopic (exact) mass is 318 g/mol. The molecule has 2 rings (SSSR count). The summed E-state index contributed by atoms with van der Waals surface area (Å²) in [5, 5.41) is 0. The molecule has 1 amide bonds. The molecule has 1 saturated heterocycles. The van der Waals surface area contributed by atoms with E-state index in [0.29, 0.717) is 12.3 Å². The Morgan fingerprint density at radius 3 is 2.70 bits per heavy atom. The first kappa shape index (κ1) is 17.3. The van der Waals surface area contributed by atoms with Crippen LogP contribution in [-0.4, -0.2) is 35.7 Å². The normalized spacial score (nSPS) is 19.6. The molecule has 2 atom stereocenters. The van der Waals surface area contributed by atoms with Crippen molar-refractivity contribution in [2.24, 2.45) is 11.7 Å². The number of nitrogens with zero attached hydrogens (tertiary/aromatic N) is 1. The largest absolute Gasteiger partial charge is 0.341 e. The van der Waals surface area contributed by atoms with Crippen LogP contribution in [-0.2, 0) is 4.79 Å². The van der Waals surface area contributed by atoms with E-state index in [1.807, 2.05) is 11.8 Å². The van der Waals surface area contributed by atoms with E-state index in [1.54, 1.807) is 23.9 Å². The molecular weight excluding hydrogens is 299 g/mol. The quantitative estimate of drug-likeness (QED) is 0.868. The van der Waals surface area contributed by atoms with Crippen molar-refractivity contribution in [1.82, 2.24) is 4.90 Å². The lowest BCUT2D eigenvalue weighted by Gasteiger charge is -2.20. The first-order valence-corrected chi connectivity index (χ1v) is 7.47. The fraction of sp³-hybridized carbons (Fsp3) is 0.500. The van der Waals surface area contributed by atoms with Crippen molar-refractivity contribution in [1.29, 1.82) is 0 Å². The minimum absolute atomic E-state index is 0. The number of likely N-dealkylation sites (tertiary alicyclic amines) is 1. The van der Waals surface area contributed by atoms with Crippen LogP contribution in [0.15, 0.2) is 29.2 Å². The first-order valence-electron chi connectivity index (χ1n) is 6.49. The molecule has 1 aromatic carbocycles. The highest BCUT2D eigenvalue weighted by atomic mass is 35.5. The molecule has 112 valence electrons. The summed E-state index contributed by atoms with van der Waals surface area (Å²) in [7, 11) is 0. The Balaban J connectivity index is 0.00000200. The van der Waals surface area contributed by atoms with Gasteiger partial charge in [-0.2, -0.15) is 0 Å². The Bertz CT molecular complexity index is 443. The van der Waals surface area contributed by atoms with Crippen molar-refractivity contribution in [3.05, 3.63) is 30.1 Å². The molecule has 1 fully saturated rings. The first-order chi connectivity index (χ1) is 9.06. The SMILES string of the molecule is CC(CSc1ccc(F)cc1)C(=O)N1CC[C@@H](N)C1.Cl. The lowest BCUT2D eigenvalue weighted by molar-refractivity contribution is -0.133. The van der Waals surface area contributed by atoms with Gasteiger partial charge in [-0.1, -0.05) is 6.92 Å². The maximum Gasteiger partial charge on any atom is 0.226 e. The van der Waals surface area contributed by atoms with Crippen molar-refractivity contribution in [2.45, 2.75) is 24.3 Å². The van der Waals surface area contributed by atoms with Crippen LogP contribution in [0.4, 0.5) is 4.39 Å². The third-order valence-electron chi connectivity index (χ3n) is 3.27. The Kier molecular flexibility index (Phi) is 6.79. The zero-order valence-electron chi connectivity index (χ0n) is 11.4. The van der Waals surface area contributed by atoms with Gasteiger partial charge in [-0.25, -0.2) is 4.39 Å². The number of thioether (sulfide) groups is 1. The third-order valence-corrected chi connectivity index (χ3v) is 4.54. The van der Waals surface area contributed by atoms with Crippen LogP contribution in [0.1, 0.15) is 13.3 Å². The van der Waals surface area contributed by atoms with Crippen LogP contribution in [0.5, 0.6) is 0 Å². The zero-order chi connectivity index (χ0) is 13.8. The summed E-state index contributed by atoms with van der Waals surface area (Å²) in [6, 6.07) is 6.48. The van der Waals surface area contributed by atoms with E-state index in [2.05, 4.69) is 0 Å². The minimum atomic E-state index is -0.237. The van der Waals surface area contributed by atoms with Gasteiger partial charge in [-0.3, -0.25) is 4.79 Å². The second kappa shape index (κ2) is 7.86. The molecule has 0 spiro atoms. The van der Waals surface area contributed by atoms with Gasteiger partial charge < -0.3 is 10.6 Å². The van der Waals surface area contributed by atoms with E-state index >= 15 is 0 Å². The third kappa shape index (κ3) is 4.65. The van der Waals surface area contributed by atoms with Gasteiger partial charge >= 0.3 is 0 Å². The lowest BCUT2D eigenvalue weighted by Crippen LogP contribution is -2.36. The summed E-state index contributed by atoms with van der Waals surface area (Å²) >= 11 is 1.58. The van der Waals surface area contributed by atoms with Crippen LogP contribution in [0.25, 0.3) is 0 Å². The maximum atomic E-state index is 12.8. The summed E-state index contributed by atoms with van der Waals surface area (Å²) < 4.78 is 12.8. The number of benzene rings is 1. The van der Waals surface area contributed by atoms with Gasteiger partial charge in [0.25, 0.3) is 0 Å². The molecule has 0 aliphatic carbocycles. The van der Waals surface area contributed by atoms with Crippen molar-refractivity contribution in [2.75, 3.05) is 18.8 Å². The van der Waals surface area contributed by atoms with Crippen LogP contribution < -0.4 is 5.73 Å². The molecule has 1 aromatic rings. The summed E-state index contributed by atoms with van der Waals surface area (Å²) in [6.07, 6.45) is 0.892. The molecule has 0 bridgehead atoms. The number of rotatable bonds is 4. The van der Waals surface area contributed by atoms with Crippen molar-refractivity contribution >= 4 is 30.1 Å². The van der Waals surface area contributed by atoms with Crippen LogP contribution in [0.2, 0.25) is 0 Å². The fourth-order valence-electron chi connectivity index (χ4n) is 2.12. The van der Waals surface area contributed by atoms with E-state index in [-0.39, 0.29) is 36.1 Å². The highest BCUT2D eigenvalue weighted by molar-refractivity contribution is 7.99. The second-order valence-corrected chi connectivity index (χ2v) is 6.09. The number of halogens is 2. The van der Waals surface area contributed by atoms with Gasteiger partial charge in [0.15, 0.2) is 0 Å². The molecule has 0 saturated carbocycles. The highest BCUT2D eigenvalue weighted by Crippen LogP contribution is 2.22. The van der Waals surface area contributed by atoms with E-state index in [1.165, 1.54) is 12.1 Å². The van der Waals surface area contributed by atoms with Gasteiger partial charge in [0.1, 0.15) is 5.82 Å². The van der Waals surface area contributed by atoms with Crippen LogP contribution in [0.3, 0.4) is 0 Å². The van der Waals surface area contributed by atoms with Gasteiger partial charge in [0, 0.05) is 35.7 Å². The van der Waals surface area contributed by atoms with Gasteiger partial charge in [0.05, 0.1) is 0 Å². The van der Waals surface area contributed by atoms with Gasteiger partial charge in [0.2, 0.25) is 5.91 Å². The van der Waals surface area contributed by atoms with Crippen LogP contribution in [0, 0.1) is 11.7 Å². The van der Waals surface area contributed by atoms with E-state index < -0.39 is 0 Å². The highest BCUT2D eigenvalue weighted by Gasteiger charge is 2.26. The maximum absolute atomic E-state index is 12.8. The molecule has 2 N–H and O–H groups in total. The Hall–Kier alpha value is -0.780. The molecule has 1 aliphatic rings. The molecule has 1 unspecified atom stereocenters. The lowest BCUT2D eigenvalue weighted by atomic mass is 10.2. The second-order valence-electron chi connectivity index (χ2n) is 5.00. The number of carbonyl (C=O) groups is 1. The average Bonchev–Trinajstić information content (AvgIpc) is 2.83. The van der Waals surface area contributed by atoms with Gasteiger partial charge in [-0.05, 0) is 30.7 Å². The van der Waals surface area contributed by atoms with E-state index in [0.717, 1.165) is 17.9 Å². The number of carbonyl (C=O) groups excluding carboxylic acids is 1. The van der Waals surface area contributed by atoms with Crippen molar-refractivity contribution in [3.8, 4) is 0 Å². The zero-order valence-corrected chi connectivity index (χ0v) is 13.1.